The van der Waals surface area contributed by atoms with Crippen molar-refractivity contribution in [2.24, 2.45) is 0 Å². The molecule has 4 nitrogen and oxygen atoms in total. The van der Waals surface area contributed by atoms with E-state index in [2.05, 4.69) is 0 Å². The lowest BCUT2D eigenvalue weighted by Crippen LogP contribution is -2.18. The number of ether oxygens (including phenoxy) is 1. The second-order valence-electron chi connectivity index (χ2n) is 3.39. The van der Waals surface area contributed by atoms with Gasteiger partial charge < -0.3 is 19.8 Å². The van der Waals surface area contributed by atoms with Crippen LogP contribution in [0.25, 0.3) is 0 Å². The van der Waals surface area contributed by atoms with Crippen molar-refractivity contribution in [2.45, 2.75) is 6.42 Å². The number of nitrogens with zero attached hydrogens (tertiary/aromatic N) is 1. The molecule has 0 saturated carbocycles. The van der Waals surface area contributed by atoms with Crippen molar-refractivity contribution < 1.29 is 14.9 Å². The Morgan fingerprint density at radius 3 is 2.79 bits per heavy atom. The fraction of sp³-hybridized carbons (Fsp3) is 0.500. The van der Waals surface area contributed by atoms with Gasteiger partial charge in [-0.15, -0.1) is 0 Å². The van der Waals surface area contributed by atoms with Crippen LogP contribution in [0.5, 0.6) is 0 Å². The van der Waals surface area contributed by atoms with E-state index in [0.717, 1.165) is 6.54 Å². The monoisotopic (exact) mass is 198 g/mol. The zero-order valence-corrected chi connectivity index (χ0v) is 8.53. The van der Waals surface area contributed by atoms with E-state index in [1.165, 1.54) is 6.42 Å². The number of aliphatic hydroxyl groups excluding tert-OH is 2. The number of likely N-dealkylation sites (N-methyl/N-ethyl adjacent to an activating group) is 1. The molecule has 0 fully saturated rings. The third-order valence-electron chi connectivity index (χ3n) is 1.89. The number of hydrogen-bond acceptors (Lipinski definition) is 4. The Labute approximate surface area is 84.1 Å². The van der Waals surface area contributed by atoms with Gasteiger partial charge in [-0.05, 0) is 26.6 Å². The van der Waals surface area contributed by atoms with Crippen LogP contribution in [0.2, 0.25) is 0 Å². The van der Waals surface area contributed by atoms with Crippen molar-refractivity contribution in [1.29, 1.82) is 0 Å². The molecule has 14 heavy (non-hydrogen) atoms. The summed E-state index contributed by atoms with van der Waals surface area (Å²) in [6.45, 7) is 1.27. The highest BCUT2D eigenvalue weighted by Gasteiger charge is 2.15. The van der Waals surface area contributed by atoms with Crippen LogP contribution in [-0.4, -0.2) is 42.4 Å². The third kappa shape index (κ3) is 2.96. The Kier molecular flexibility index (Phi) is 3.83. The summed E-state index contributed by atoms with van der Waals surface area (Å²) in [4.78, 5) is 1.98. The van der Waals surface area contributed by atoms with Crippen molar-refractivity contribution in [1.82, 2.24) is 4.90 Å². The Morgan fingerprint density at radius 2 is 2.14 bits per heavy atom. The van der Waals surface area contributed by atoms with E-state index in [0.29, 0.717) is 18.8 Å². The molecule has 0 atom stereocenters. The van der Waals surface area contributed by atoms with E-state index >= 15 is 0 Å². The smallest absolute Gasteiger partial charge is 0.196 e. The molecule has 0 aromatic carbocycles. The molecule has 0 spiro atoms. The van der Waals surface area contributed by atoms with Crippen LogP contribution in [0.4, 0.5) is 0 Å². The first-order valence-electron chi connectivity index (χ1n) is 4.54. The molecule has 0 aliphatic heterocycles. The van der Waals surface area contributed by atoms with Gasteiger partial charge in [-0.25, -0.2) is 0 Å². The second kappa shape index (κ2) is 4.91. The molecule has 0 saturated heterocycles. The van der Waals surface area contributed by atoms with Crippen molar-refractivity contribution in [3.8, 4) is 0 Å². The van der Waals surface area contributed by atoms with E-state index < -0.39 is 0 Å². The lowest BCUT2D eigenvalue weighted by atomic mass is 10.1. The molecule has 0 aromatic heterocycles. The van der Waals surface area contributed by atoms with Gasteiger partial charge >= 0.3 is 0 Å². The van der Waals surface area contributed by atoms with Gasteiger partial charge in [-0.3, -0.25) is 0 Å². The SMILES string of the molecule is CN(C)CCOC1=CC[CH]C(O)=C1O. The molecule has 0 bridgehead atoms. The third-order valence-corrected chi connectivity index (χ3v) is 1.89. The van der Waals surface area contributed by atoms with Crippen molar-refractivity contribution in [3.05, 3.63) is 29.8 Å². The maximum absolute atomic E-state index is 9.39. The quantitative estimate of drug-likeness (QED) is 0.716. The van der Waals surface area contributed by atoms with Crippen LogP contribution in [0, 0.1) is 6.42 Å². The average molecular weight is 198 g/mol. The summed E-state index contributed by atoms with van der Waals surface area (Å²) in [7, 11) is 3.89. The summed E-state index contributed by atoms with van der Waals surface area (Å²) >= 11 is 0. The molecule has 0 aromatic rings. The zero-order valence-electron chi connectivity index (χ0n) is 8.53. The topological polar surface area (TPSA) is 52.9 Å². The number of aliphatic hydroxyl groups is 2. The number of allylic oxidation sites excluding steroid dienone is 2. The number of hydrogen-bond donors (Lipinski definition) is 2. The van der Waals surface area contributed by atoms with Gasteiger partial charge in [-0.2, -0.15) is 0 Å². The van der Waals surface area contributed by atoms with Crippen LogP contribution < -0.4 is 0 Å². The van der Waals surface area contributed by atoms with E-state index in [1.807, 2.05) is 19.0 Å². The summed E-state index contributed by atoms with van der Waals surface area (Å²) in [5.41, 5.74) is 0. The average Bonchev–Trinajstić information content (AvgIpc) is 2.12. The fourth-order valence-corrected chi connectivity index (χ4v) is 1.06. The summed E-state index contributed by atoms with van der Waals surface area (Å²) in [6, 6.07) is 0. The molecule has 1 radical (unpaired) electrons. The molecular formula is C10H16NO3. The van der Waals surface area contributed by atoms with Gasteiger partial charge in [0, 0.05) is 13.0 Å². The Morgan fingerprint density at radius 1 is 1.43 bits per heavy atom. The van der Waals surface area contributed by atoms with Crippen molar-refractivity contribution in [2.75, 3.05) is 27.2 Å². The lowest BCUT2D eigenvalue weighted by molar-refractivity contribution is 0.162. The molecule has 79 valence electrons. The van der Waals surface area contributed by atoms with E-state index in [1.54, 1.807) is 6.08 Å². The predicted molar refractivity (Wildman–Crippen MR) is 53.8 cm³/mol. The summed E-state index contributed by atoms with van der Waals surface area (Å²) in [6.07, 6.45) is 3.87. The van der Waals surface area contributed by atoms with Gasteiger partial charge in [0.2, 0.25) is 0 Å². The van der Waals surface area contributed by atoms with Gasteiger partial charge in [0.15, 0.2) is 11.5 Å². The highest BCUT2D eigenvalue weighted by molar-refractivity contribution is 5.30. The minimum absolute atomic E-state index is 0.104. The van der Waals surface area contributed by atoms with Gasteiger partial charge in [0.1, 0.15) is 12.4 Å². The molecule has 0 heterocycles. The Hall–Kier alpha value is -1.16. The Balaban J connectivity index is 2.41. The Bertz CT molecular complexity index is 256. The zero-order chi connectivity index (χ0) is 10.6. The van der Waals surface area contributed by atoms with Crippen LogP contribution in [0.1, 0.15) is 6.42 Å². The predicted octanol–water partition coefficient (Wildman–Crippen LogP) is 1.38. The van der Waals surface area contributed by atoms with Crippen LogP contribution in [-0.2, 0) is 4.74 Å². The maximum Gasteiger partial charge on any atom is 0.196 e. The number of rotatable bonds is 4. The maximum atomic E-state index is 9.39. The highest BCUT2D eigenvalue weighted by atomic mass is 16.5. The van der Waals surface area contributed by atoms with E-state index in [-0.39, 0.29) is 11.5 Å². The molecule has 0 unspecified atom stereocenters. The normalized spacial score (nSPS) is 17.2. The first kappa shape index (κ1) is 10.9. The first-order chi connectivity index (χ1) is 6.61. The first-order valence-corrected chi connectivity index (χ1v) is 4.54. The molecule has 4 heteroatoms. The second-order valence-corrected chi connectivity index (χ2v) is 3.39. The minimum atomic E-state index is -0.171. The van der Waals surface area contributed by atoms with Gasteiger partial charge in [0.25, 0.3) is 0 Å². The van der Waals surface area contributed by atoms with Crippen LogP contribution >= 0.6 is 0 Å². The van der Waals surface area contributed by atoms with Crippen molar-refractivity contribution in [3.63, 3.8) is 0 Å². The van der Waals surface area contributed by atoms with Gasteiger partial charge in [-0.1, -0.05) is 0 Å². The lowest BCUT2D eigenvalue weighted by Gasteiger charge is -2.16. The standard InChI is InChI=1S/C10H16NO3/c1-11(2)6-7-14-9-5-3-4-8(12)10(9)13/h4-5,12-13H,3,6-7H2,1-2H3. The highest BCUT2D eigenvalue weighted by Crippen LogP contribution is 2.21. The minimum Gasteiger partial charge on any atom is -0.508 e. The fourth-order valence-electron chi connectivity index (χ4n) is 1.06. The summed E-state index contributed by atoms with van der Waals surface area (Å²) in [5.74, 6) is 0.0919. The van der Waals surface area contributed by atoms with Crippen molar-refractivity contribution >= 4 is 0 Å². The summed E-state index contributed by atoms with van der Waals surface area (Å²) < 4.78 is 5.31. The molecule has 1 aliphatic carbocycles. The van der Waals surface area contributed by atoms with Gasteiger partial charge in [0.05, 0.1) is 0 Å². The largest absolute Gasteiger partial charge is 0.508 e. The summed E-state index contributed by atoms with van der Waals surface area (Å²) in [5, 5.41) is 18.6. The van der Waals surface area contributed by atoms with E-state index in [4.69, 9.17) is 4.74 Å². The molecule has 1 rings (SSSR count). The molecule has 0 amide bonds. The van der Waals surface area contributed by atoms with Crippen LogP contribution in [0.3, 0.4) is 0 Å². The van der Waals surface area contributed by atoms with E-state index in [9.17, 15) is 10.2 Å². The van der Waals surface area contributed by atoms with Crippen LogP contribution in [0.15, 0.2) is 23.4 Å². The molecule has 2 N–H and O–H groups in total. The molecule has 1 aliphatic rings. The molecular weight excluding hydrogens is 182 g/mol.